The Morgan fingerprint density at radius 2 is 2.36 bits per heavy atom. The Labute approximate surface area is 84.1 Å². The van der Waals surface area contributed by atoms with Gasteiger partial charge in [-0.15, -0.1) is 5.10 Å². The van der Waals surface area contributed by atoms with Crippen LogP contribution in [0.4, 0.5) is 5.82 Å². The van der Waals surface area contributed by atoms with E-state index in [4.69, 9.17) is 5.73 Å². The molecule has 0 saturated carbocycles. The van der Waals surface area contributed by atoms with Crippen molar-refractivity contribution in [2.45, 2.75) is 19.3 Å². The normalized spacial score (nSPS) is 22.8. The van der Waals surface area contributed by atoms with Gasteiger partial charge in [0.1, 0.15) is 5.82 Å². The quantitative estimate of drug-likeness (QED) is 0.755. The van der Waals surface area contributed by atoms with Gasteiger partial charge in [0.15, 0.2) is 0 Å². The molecule has 76 valence electrons. The van der Waals surface area contributed by atoms with Crippen molar-refractivity contribution in [3.05, 3.63) is 17.8 Å². The fourth-order valence-corrected chi connectivity index (χ4v) is 1.93. The highest BCUT2D eigenvalue weighted by molar-refractivity contribution is 5.27. The summed E-state index contributed by atoms with van der Waals surface area (Å²) < 4.78 is 0. The third kappa shape index (κ3) is 1.85. The fourth-order valence-electron chi connectivity index (χ4n) is 1.93. The monoisotopic (exact) mass is 192 g/mol. The number of nitrogen functional groups attached to an aromatic ring is 1. The molecule has 14 heavy (non-hydrogen) atoms. The van der Waals surface area contributed by atoms with Crippen molar-refractivity contribution in [2.24, 2.45) is 0 Å². The lowest BCUT2D eigenvalue weighted by Gasteiger charge is -2.12. The zero-order chi connectivity index (χ0) is 9.97. The zero-order valence-electron chi connectivity index (χ0n) is 8.48. The molecule has 4 nitrogen and oxygen atoms in total. The summed E-state index contributed by atoms with van der Waals surface area (Å²) in [5.41, 5.74) is 6.57. The van der Waals surface area contributed by atoms with Gasteiger partial charge in [0, 0.05) is 12.5 Å². The molecule has 0 amide bonds. The Morgan fingerprint density at radius 3 is 2.93 bits per heavy atom. The van der Waals surface area contributed by atoms with Crippen LogP contribution in [0.15, 0.2) is 12.1 Å². The third-order valence-corrected chi connectivity index (χ3v) is 2.84. The summed E-state index contributed by atoms with van der Waals surface area (Å²) in [6, 6.07) is 3.82. The maximum absolute atomic E-state index is 5.49. The first-order valence-corrected chi connectivity index (χ1v) is 5.11. The van der Waals surface area contributed by atoms with Gasteiger partial charge in [-0.05, 0) is 31.6 Å². The molecule has 1 unspecified atom stereocenters. The van der Waals surface area contributed by atoms with Crippen LogP contribution in [0.3, 0.4) is 0 Å². The van der Waals surface area contributed by atoms with Crippen LogP contribution in [-0.4, -0.2) is 34.7 Å². The molecule has 0 spiro atoms. The Morgan fingerprint density at radius 1 is 1.50 bits per heavy atom. The van der Waals surface area contributed by atoms with Crippen molar-refractivity contribution in [1.82, 2.24) is 15.1 Å². The number of anilines is 1. The molecular weight excluding hydrogens is 176 g/mol. The smallest absolute Gasteiger partial charge is 0.146 e. The van der Waals surface area contributed by atoms with Crippen LogP contribution in [0.2, 0.25) is 0 Å². The molecule has 1 atom stereocenters. The van der Waals surface area contributed by atoms with E-state index in [1.54, 1.807) is 0 Å². The van der Waals surface area contributed by atoms with Crippen LogP contribution in [0, 0.1) is 0 Å². The van der Waals surface area contributed by atoms with Crippen LogP contribution in [0.25, 0.3) is 0 Å². The summed E-state index contributed by atoms with van der Waals surface area (Å²) in [4.78, 5) is 2.43. The molecule has 1 aliphatic rings. The Kier molecular flexibility index (Phi) is 2.63. The van der Waals surface area contributed by atoms with Gasteiger partial charge < -0.3 is 10.6 Å². The first-order valence-electron chi connectivity index (χ1n) is 5.11. The molecular formula is C10H16N4. The minimum Gasteiger partial charge on any atom is -0.382 e. The van der Waals surface area contributed by atoms with E-state index >= 15 is 0 Å². The molecule has 4 heteroatoms. The maximum Gasteiger partial charge on any atom is 0.146 e. The van der Waals surface area contributed by atoms with Gasteiger partial charge in [-0.3, -0.25) is 0 Å². The largest absolute Gasteiger partial charge is 0.382 e. The van der Waals surface area contributed by atoms with Crippen LogP contribution in [0.5, 0.6) is 0 Å². The lowest BCUT2D eigenvalue weighted by Crippen LogP contribution is -2.19. The molecule has 2 N–H and O–H groups in total. The van der Waals surface area contributed by atoms with Crippen molar-refractivity contribution >= 4 is 5.82 Å². The minimum absolute atomic E-state index is 0.499. The summed E-state index contributed by atoms with van der Waals surface area (Å²) >= 11 is 0. The number of likely N-dealkylation sites (N-methyl/N-ethyl adjacent to an activating group) is 1. The molecule has 0 aromatic carbocycles. The van der Waals surface area contributed by atoms with E-state index in [0.29, 0.717) is 11.7 Å². The lowest BCUT2D eigenvalue weighted by molar-refractivity contribution is 0.353. The Bertz CT molecular complexity index is 295. The highest BCUT2D eigenvalue weighted by atomic mass is 15.2. The number of nitrogens with two attached hydrogens (primary N) is 1. The second kappa shape index (κ2) is 3.92. The van der Waals surface area contributed by atoms with E-state index in [2.05, 4.69) is 22.0 Å². The summed E-state index contributed by atoms with van der Waals surface area (Å²) in [6.07, 6.45) is 1.19. The Hall–Kier alpha value is -1.16. The number of aromatic nitrogens is 2. The standard InChI is InChI=1S/C10H16N4/c1-2-14-6-5-8(7-14)9-3-4-10(11)13-12-9/h3-4,8H,2,5-7H2,1H3,(H2,11,13). The van der Waals surface area contributed by atoms with Gasteiger partial charge in [0.25, 0.3) is 0 Å². The summed E-state index contributed by atoms with van der Waals surface area (Å²) in [5.74, 6) is 1.04. The SMILES string of the molecule is CCN1CCC(c2ccc(N)nn2)C1. The van der Waals surface area contributed by atoms with Crippen LogP contribution in [0.1, 0.15) is 25.0 Å². The molecule has 2 rings (SSSR count). The molecule has 1 fully saturated rings. The van der Waals surface area contributed by atoms with Crippen molar-refractivity contribution in [3.8, 4) is 0 Å². The molecule has 0 bridgehead atoms. The summed E-state index contributed by atoms with van der Waals surface area (Å²) in [6.45, 7) is 5.60. The first kappa shape index (κ1) is 9.40. The highest BCUT2D eigenvalue weighted by Crippen LogP contribution is 2.24. The molecule has 1 saturated heterocycles. The van der Waals surface area contributed by atoms with Gasteiger partial charge >= 0.3 is 0 Å². The average Bonchev–Trinajstić information content (AvgIpc) is 2.67. The van der Waals surface area contributed by atoms with Gasteiger partial charge in [0.05, 0.1) is 5.69 Å². The van der Waals surface area contributed by atoms with E-state index in [1.165, 1.54) is 13.0 Å². The van der Waals surface area contributed by atoms with Gasteiger partial charge in [-0.1, -0.05) is 6.92 Å². The average molecular weight is 192 g/mol. The fraction of sp³-hybridized carbons (Fsp3) is 0.600. The van der Waals surface area contributed by atoms with E-state index in [1.807, 2.05) is 12.1 Å². The summed E-state index contributed by atoms with van der Waals surface area (Å²) in [5, 5.41) is 8.01. The van der Waals surface area contributed by atoms with E-state index < -0.39 is 0 Å². The second-order valence-electron chi connectivity index (χ2n) is 3.76. The second-order valence-corrected chi connectivity index (χ2v) is 3.76. The molecule has 1 aromatic heterocycles. The minimum atomic E-state index is 0.499. The predicted octanol–water partition coefficient (Wildman–Crippen LogP) is 0.868. The maximum atomic E-state index is 5.49. The van der Waals surface area contributed by atoms with Crippen molar-refractivity contribution in [1.29, 1.82) is 0 Å². The van der Waals surface area contributed by atoms with Gasteiger partial charge in [-0.25, -0.2) is 0 Å². The van der Waals surface area contributed by atoms with Crippen molar-refractivity contribution < 1.29 is 0 Å². The Balaban J connectivity index is 2.06. The number of hydrogen-bond donors (Lipinski definition) is 1. The topological polar surface area (TPSA) is 55.0 Å². The molecule has 0 aliphatic carbocycles. The molecule has 0 radical (unpaired) electrons. The van der Waals surface area contributed by atoms with Gasteiger partial charge in [0.2, 0.25) is 0 Å². The number of likely N-dealkylation sites (tertiary alicyclic amines) is 1. The summed E-state index contributed by atoms with van der Waals surface area (Å²) in [7, 11) is 0. The third-order valence-electron chi connectivity index (χ3n) is 2.84. The zero-order valence-corrected chi connectivity index (χ0v) is 8.48. The first-order chi connectivity index (χ1) is 6.79. The predicted molar refractivity (Wildman–Crippen MR) is 55.9 cm³/mol. The number of nitrogens with zero attached hydrogens (tertiary/aromatic N) is 3. The number of rotatable bonds is 2. The van der Waals surface area contributed by atoms with Crippen molar-refractivity contribution in [2.75, 3.05) is 25.4 Å². The van der Waals surface area contributed by atoms with E-state index in [0.717, 1.165) is 18.8 Å². The number of hydrogen-bond acceptors (Lipinski definition) is 4. The van der Waals surface area contributed by atoms with Gasteiger partial charge in [-0.2, -0.15) is 5.10 Å². The molecule has 1 aromatic rings. The highest BCUT2D eigenvalue weighted by Gasteiger charge is 2.23. The van der Waals surface area contributed by atoms with Crippen LogP contribution >= 0.6 is 0 Å². The van der Waals surface area contributed by atoms with E-state index in [-0.39, 0.29) is 0 Å². The van der Waals surface area contributed by atoms with E-state index in [9.17, 15) is 0 Å². The lowest BCUT2D eigenvalue weighted by atomic mass is 10.1. The van der Waals surface area contributed by atoms with Crippen molar-refractivity contribution in [3.63, 3.8) is 0 Å². The molecule has 1 aliphatic heterocycles. The van der Waals surface area contributed by atoms with Crippen LogP contribution in [-0.2, 0) is 0 Å². The van der Waals surface area contributed by atoms with Crippen LogP contribution < -0.4 is 5.73 Å². The molecule has 2 heterocycles.